The van der Waals surface area contributed by atoms with Gasteiger partial charge in [0.2, 0.25) is 0 Å². The van der Waals surface area contributed by atoms with Gasteiger partial charge in [0.15, 0.2) is 0 Å². The Morgan fingerprint density at radius 1 is 1.35 bits per heavy atom. The van der Waals surface area contributed by atoms with Gasteiger partial charge in [-0.25, -0.2) is 4.79 Å². The van der Waals surface area contributed by atoms with Crippen LogP contribution in [0.4, 0.5) is 11.5 Å². The summed E-state index contributed by atoms with van der Waals surface area (Å²) in [5.74, 6) is 0.211. The van der Waals surface area contributed by atoms with E-state index in [1.54, 1.807) is 0 Å². The highest BCUT2D eigenvalue weighted by molar-refractivity contribution is 5.61. The van der Waals surface area contributed by atoms with Crippen molar-refractivity contribution in [3.63, 3.8) is 0 Å². The van der Waals surface area contributed by atoms with Crippen LogP contribution in [0, 0.1) is 5.41 Å². The number of nitrogen functional groups attached to an aromatic ring is 1. The second-order valence-corrected chi connectivity index (χ2v) is 6.26. The molecule has 0 saturated carbocycles. The lowest BCUT2D eigenvalue weighted by Gasteiger charge is -2.29. The van der Waals surface area contributed by atoms with Crippen molar-refractivity contribution >= 4 is 11.5 Å². The third-order valence-electron chi connectivity index (χ3n) is 3.63. The number of anilines is 2. The summed E-state index contributed by atoms with van der Waals surface area (Å²) in [6.45, 7) is 10.7. The zero-order valence-corrected chi connectivity index (χ0v) is 13.0. The molecule has 6 heteroatoms. The predicted octanol–water partition coefficient (Wildman–Crippen LogP) is 1.77. The molecule has 0 aliphatic heterocycles. The molecule has 1 rings (SSSR count). The van der Waals surface area contributed by atoms with Crippen LogP contribution in [0.5, 0.6) is 0 Å². The van der Waals surface area contributed by atoms with Gasteiger partial charge in [0.05, 0.1) is 0 Å². The SMILES string of the molecule is CCCCn1c(N)c(NC(C)C(C)(C)C)c(=O)[nH]c1=O. The van der Waals surface area contributed by atoms with Crippen molar-refractivity contribution < 1.29 is 0 Å². The van der Waals surface area contributed by atoms with Crippen LogP contribution in [0.1, 0.15) is 47.5 Å². The van der Waals surface area contributed by atoms with Crippen LogP contribution >= 0.6 is 0 Å². The van der Waals surface area contributed by atoms with E-state index in [9.17, 15) is 9.59 Å². The van der Waals surface area contributed by atoms with Gasteiger partial charge in [0, 0.05) is 12.6 Å². The Hall–Kier alpha value is -1.72. The fourth-order valence-corrected chi connectivity index (χ4v) is 1.70. The lowest BCUT2D eigenvalue weighted by atomic mass is 9.88. The highest BCUT2D eigenvalue weighted by atomic mass is 16.2. The number of hydrogen-bond acceptors (Lipinski definition) is 4. The molecule has 0 aliphatic carbocycles. The molecule has 0 bridgehead atoms. The standard InChI is InChI=1S/C14H26N4O2/c1-6-7-8-18-11(15)10(12(19)17-13(18)20)16-9(2)14(3,4)5/h9,16H,6-8,15H2,1-5H3,(H,17,19,20). The summed E-state index contributed by atoms with van der Waals surface area (Å²) in [4.78, 5) is 26.1. The van der Waals surface area contributed by atoms with E-state index in [1.165, 1.54) is 4.57 Å². The number of nitrogens with two attached hydrogens (primary N) is 1. The number of nitrogens with zero attached hydrogens (tertiary/aromatic N) is 1. The van der Waals surface area contributed by atoms with Gasteiger partial charge in [0.1, 0.15) is 11.5 Å². The lowest BCUT2D eigenvalue weighted by molar-refractivity contribution is 0.359. The Morgan fingerprint density at radius 2 is 1.95 bits per heavy atom. The van der Waals surface area contributed by atoms with Gasteiger partial charge in [-0.15, -0.1) is 0 Å². The summed E-state index contributed by atoms with van der Waals surface area (Å²) < 4.78 is 1.42. The van der Waals surface area contributed by atoms with Crippen LogP contribution in [-0.2, 0) is 6.54 Å². The summed E-state index contributed by atoms with van der Waals surface area (Å²) in [6, 6.07) is 0.0445. The Labute approximate surface area is 119 Å². The highest BCUT2D eigenvalue weighted by Gasteiger charge is 2.22. The molecule has 1 heterocycles. The molecule has 0 saturated heterocycles. The van der Waals surface area contributed by atoms with Crippen molar-refractivity contribution in [1.29, 1.82) is 0 Å². The van der Waals surface area contributed by atoms with Gasteiger partial charge < -0.3 is 11.1 Å². The topological polar surface area (TPSA) is 92.9 Å². The smallest absolute Gasteiger partial charge is 0.330 e. The minimum Gasteiger partial charge on any atom is -0.383 e. The van der Waals surface area contributed by atoms with E-state index in [4.69, 9.17) is 5.73 Å². The second kappa shape index (κ2) is 6.15. The summed E-state index contributed by atoms with van der Waals surface area (Å²) in [6.07, 6.45) is 1.79. The zero-order valence-electron chi connectivity index (χ0n) is 13.0. The molecule has 6 nitrogen and oxygen atoms in total. The number of aromatic amines is 1. The van der Waals surface area contributed by atoms with Crippen LogP contribution < -0.4 is 22.3 Å². The molecule has 20 heavy (non-hydrogen) atoms. The molecule has 0 spiro atoms. The fraction of sp³-hybridized carbons (Fsp3) is 0.714. The maximum atomic E-state index is 11.9. The minimum atomic E-state index is -0.462. The predicted molar refractivity (Wildman–Crippen MR) is 83.2 cm³/mol. The molecule has 0 fully saturated rings. The van der Waals surface area contributed by atoms with Gasteiger partial charge >= 0.3 is 5.69 Å². The number of H-pyrrole nitrogens is 1. The Bertz CT molecular complexity index is 566. The van der Waals surface area contributed by atoms with Crippen LogP contribution in [0.15, 0.2) is 9.59 Å². The highest BCUT2D eigenvalue weighted by Crippen LogP contribution is 2.23. The Morgan fingerprint density at radius 3 is 2.45 bits per heavy atom. The molecule has 0 radical (unpaired) electrons. The number of rotatable bonds is 5. The molecule has 1 atom stereocenters. The van der Waals surface area contributed by atoms with Gasteiger partial charge in [-0.1, -0.05) is 34.1 Å². The zero-order chi connectivity index (χ0) is 15.5. The maximum absolute atomic E-state index is 11.9. The fourth-order valence-electron chi connectivity index (χ4n) is 1.70. The largest absolute Gasteiger partial charge is 0.383 e. The Balaban J connectivity index is 3.20. The summed E-state index contributed by atoms with van der Waals surface area (Å²) >= 11 is 0. The number of hydrogen-bond donors (Lipinski definition) is 3. The lowest BCUT2D eigenvalue weighted by Crippen LogP contribution is -2.38. The van der Waals surface area contributed by atoms with E-state index < -0.39 is 11.2 Å². The van der Waals surface area contributed by atoms with Crippen LogP contribution in [-0.4, -0.2) is 15.6 Å². The van der Waals surface area contributed by atoms with E-state index in [2.05, 4.69) is 31.1 Å². The molecule has 0 amide bonds. The molecule has 114 valence electrons. The summed E-state index contributed by atoms with van der Waals surface area (Å²) in [5.41, 5.74) is 5.34. The first-order valence-electron chi connectivity index (χ1n) is 7.07. The monoisotopic (exact) mass is 282 g/mol. The third kappa shape index (κ3) is 3.65. The van der Waals surface area contributed by atoms with Gasteiger partial charge in [-0.05, 0) is 18.8 Å². The second-order valence-electron chi connectivity index (χ2n) is 6.26. The quantitative estimate of drug-likeness (QED) is 0.767. The van der Waals surface area contributed by atoms with E-state index in [0.29, 0.717) is 6.54 Å². The Kier molecular flexibility index (Phi) is 5.03. The average molecular weight is 282 g/mol. The molecular weight excluding hydrogens is 256 g/mol. The first-order chi connectivity index (χ1) is 9.18. The van der Waals surface area contributed by atoms with Crippen LogP contribution in [0.25, 0.3) is 0 Å². The van der Waals surface area contributed by atoms with Crippen molar-refractivity contribution in [3.05, 3.63) is 20.8 Å². The van der Waals surface area contributed by atoms with Crippen molar-refractivity contribution in [1.82, 2.24) is 9.55 Å². The molecule has 1 aromatic rings. The maximum Gasteiger partial charge on any atom is 0.330 e. The summed E-state index contributed by atoms with van der Waals surface area (Å²) in [5, 5.41) is 3.13. The van der Waals surface area contributed by atoms with E-state index in [-0.39, 0.29) is 23.0 Å². The minimum absolute atomic E-state index is 0.0245. The number of unbranched alkanes of at least 4 members (excludes halogenated alkanes) is 1. The van der Waals surface area contributed by atoms with Gasteiger partial charge in [-0.3, -0.25) is 14.3 Å². The summed E-state index contributed by atoms with van der Waals surface area (Å²) in [7, 11) is 0. The molecule has 1 aromatic heterocycles. The van der Waals surface area contributed by atoms with Gasteiger partial charge in [0.25, 0.3) is 5.56 Å². The number of aromatic nitrogens is 2. The molecule has 0 aliphatic rings. The number of nitrogens with one attached hydrogen (secondary N) is 2. The molecule has 4 N–H and O–H groups in total. The van der Waals surface area contributed by atoms with Crippen molar-refractivity contribution in [2.24, 2.45) is 5.41 Å². The third-order valence-corrected chi connectivity index (χ3v) is 3.63. The molecule has 0 aromatic carbocycles. The van der Waals surface area contributed by atoms with Crippen LogP contribution in [0.3, 0.4) is 0 Å². The van der Waals surface area contributed by atoms with E-state index in [1.807, 2.05) is 13.8 Å². The normalized spacial score (nSPS) is 13.2. The van der Waals surface area contributed by atoms with Crippen LogP contribution in [0.2, 0.25) is 0 Å². The first-order valence-corrected chi connectivity index (χ1v) is 7.07. The average Bonchev–Trinajstić information content (AvgIpc) is 2.32. The molecular formula is C14H26N4O2. The van der Waals surface area contributed by atoms with Crippen molar-refractivity contribution in [2.45, 2.75) is 60.0 Å². The first kappa shape index (κ1) is 16.3. The van der Waals surface area contributed by atoms with Gasteiger partial charge in [-0.2, -0.15) is 0 Å². The molecule has 1 unspecified atom stereocenters. The van der Waals surface area contributed by atoms with Crippen molar-refractivity contribution in [3.8, 4) is 0 Å². The van der Waals surface area contributed by atoms with E-state index >= 15 is 0 Å². The van der Waals surface area contributed by atoms with Crippen molar-refractivity contribution in [2.75, 3.05) is 11.1 Å². The van der Waals surface area contributed by atoms with E-state index in [0.717, 1.165) is 12.8 Å².